The van der Waals surface area contributed by atoms with Gasteiger partial charge in [0.25, 0.3) is 0 Å². The number of carbonyl (C=O) groups is 2. The van der Waals surface area contributed by atoms with Gasteiger partial charge in [-0.05, 0) is 25.5 Å². The number of allylic oxidation sites excluding steroid dienone is 1. The highest BCUT2D eigenvalue weighted by molar-refractivity contribution is 6.11. The maximum Gasteiger partial charge on any atom is 0.355 e. The molecule has 3 rings (SSSR count). The molecule has 0 radical (unpaired) electrons. The Hall–Kier alpha value is -3.35. The first kappa shape index (κ1) is 18.4. The van der Waals surface area contributed by atoms with Gasteiger partial charge >= 0.3 is 17.6 Å². The van der Waals surface area contributed by atoms with Crippen molar-refractivity contribution in [3.8, 4) is 0 Å². The lowest BCUT2D eigenvalue weighted by Gasteiger charge is -2.12. The fourth-order valence-corrected chi connectivity index (χ4v) is 3.37. The summed E-state index contributed by atoms with van der Waals surface area (Å²) in [6, 6.07) is 7.20. The average molecular weight is 368 g/mol. The number of para-hydroxylation sites is 1. The van der Waals surface area contributed by atoms with Crippen LogP contribution < -0.4 is 5.69 Å². The number of hydrogen-bond donors (Lipinski definition) is 0. The van der Waals surface area contributed by atoms with Gasteiger partial charge in [0.15, 0.2) is 0 Å². The number of benzene rings is 1. The van der Waals surface area contributed by atoms with Crippen LogP contribution in [0.15, 0.2) is 41.7 Å². The molecule has 0 aliphatic carbocycles. The van der Waals surface area contributed by atoms with Gasteiger partial charge < -0.3 is 9.47 Å². The summed E-state index contributed by atoms with van der Waals surface area (Å²) in [7, 11) is 1.23. The molecule has 2 aromatic heterocycles. The van der Waals surface area contributed by atoms with E-state index in [9.17, 15) is 14.4 Å². The third-order valence-electron chi connectivity index (χ3n) is 4.46. The molecule has 0 saturated heterocycles. The van der Waals surface area contributed by atoms with Crippen molar-refractivity contribution in [1.82, 2.24) is 8.97 Å². The van der Waals surface area contributed by atoms with E-state index in [0.29, 0.717) is 22.0 Å². The average Bonchev–Trinajstić information content (AvgIpc) is 2.98. The number of methoxy groups -OCH3 is 1. The normalized spacial score (nSPS) is 10.9. The van der Waals surface area contributed by atoms with Gasteiger partial charge in [0.2, 0.25) is 0 Å². The van der Waals surface area contributed by atoms with Crippen LogP contribution in [0.3, 0.4) is 0 Å². The predicted octanol–water partition coefficient (Wildman–Crippen LogP) is 2.71. The number of fused-ring (bicyclic) bond motifs is 3. The fourth-order valence-electron chi connectivity index (χ4n) is 3.37. The molecule has 3 aromatic rings. The Kier molecular flexibility index (Phi) is 4.85. The van der Waals surface area contributed by atoms with E-state index in [4.69, 9.17) is 9.47 Å². The molecule has 27 heavy (non-hydrogen) atoms. The Morgan fingerprint density at radius 3 is 2.56 bits per heavy atom. The SMILES string of the molecule is C=CCn1c(=O)n2c(C(=O)OC)c(C)c(C(=O)OCC)c2c2ccccc21. The van der Waals surface area contributed by atoms with Crippen molar-refractivity contribution < 1.29 is 19.1 Å². The standard InChI is InChI=1S/C20H20N2O5/c1-5-11-21-14-10-8-7-9-13(14)17-15(18(23)27-6-2)12(3)16(19(24)26-4)22(17)20(21)25/h5,7-10H,1,6,11H2,2-4H3. The van der Waals surface area contributed by atoms with Gasteiger partial charge in [-0.15, -0.1) is 6.58 Å². The zero-order valence-corrected chi connectivity index (χ0v) is 15.4. The van der Waals surface area contributed by atoms with Crippen LogP contribution in [0.5, 0.6) is 0 Å². The minimum absolute atomic E-state index is 0.0177. The second-order valence-corrected chi connectivity index (χ2v) is 5.94. The highest BCUT2D eigenvalue weighted by atomic mass is 16.5. The Labute approximate surface area is 155 Å². The van der Waals surface area contributed by atoms with E-state index in [-0.39, 0.29) is 24.4 Å². The van der Waals surface area contributed by atoms with E-state index in [1.165, 1.54) is 16.1 Å². The van der Waals surface area contributed by atoms with Crippen molar-refractivity contribution in [1.29, 1.82) is 0 Å². The van der Waals surface area contributed by atoms with Crippen LogP contribution in [-0.4, -0.2) is 34.6 Å². The van der Waals surface area contributed by atoms with Crippen molar-refractivity contribution >= 4 is 28.4 Å². The Morgan fingerprint density at radius 2 is 1.93 bits per heavy atom. The van der Waals surface area contributed by atoms with E-state index < -0.39 is 17.6 Å². The first-order valence-electron chi connectivity index (χ1n) is 8.50. The summed E-state index contributed by atoms with van der Waals surface area (Å²) >= 11 is 0. The van der Waals surface area contributed by atoms with Crippen LogP contribution in [0.2, 0.25) is 0 Å². The summed E-state index contributed by atoms with van der Waals surface area (Å²) in [4.78, 5) is 38.3. The molecule has 0 aliphatic rings. The second kappa shape index (κ2) is 7.11. The summed E-state index contributed by atoms with van der Waals surface area (Å²) in [6.07, 6.45) is 1.60. The van der Waals surface area contributed by atoms with Gasteiger partial charge in [-0.25, -0.2) is 14.4 Å². The molecule has 0 atom stereocenters. The third-order valence-corrected chi connectivity index (χ3v) is 4.46. The second-order valence-electron chi connectivity index (χ2n) is 5.94. The summed E-state index contributed by atoms with van der Waals surface area (Å²) < 4.78 is 12.8. The molecule has 0 aliphatic heterocycles. The first-order valence-corrected chi connectivity index (χ1v) is 8.50. The summed E-state index contributed by atoms with van der Waals surface area (Å²) in [5.74, 6) is -1.29. The fraction of sp³-hybridized carbons (Fsp3) is 0.250. The number of carbonyl (C=O) groups excluding carboxylic acids is 2. The topological polar surface area (TPSA) is 79.0 Å². The molecule has 2 heterocycles. The van der Waals surface area contributed by atoms with Gasteiger partial charge in [0, 0.05) is 11.9 Å². The van der Waals surface area contributed by atoms with Crippen LogP contribution >= 0.6 is 0 Å². The number of nitrogens with zero attached hydrogens (tertiary/aromatic N) is 2. The molecule has 0 N–H and O–H groups in total. The Bertz CT molecular complexity index is 1140. The Balaban J connectivity index is 2.63. The van der Waals surface area contributed by atoms with Gasteiger partial charge in [0.1, 0.15) is 5.69 Å². The van der Waals surface area contributed by atoms with Crippen LogP contribution in [-0.2, 0) is 16.0 Å². The number of hydrogen-bond acceptors (Lipinski definition) is 5. The number of aromatic nitrogens is 2. The van der Waals surface area contributed by atoms with E-state index in [0.717, 1.165) is 0 Å². The lowest BCUT2D eigenvalue weighted by molar-refractivity contribution is 0.0528. The summed E-state index contributed by atoms with van der Waals surface area (Å²) in [6.45, 7) is 7.43. The van der Waals surface area contributed by atoms with Crippen LogP contribution in [0, 0.1) is 6.92 Å². The van der Waals surface area contributed by atoms with E-state index >= 15 is 0 Å². The first-order chi connectivity index (χ1) is 13.0. The number of ether oxygens (including phenoxy) is 2. The molecular weight excluding hydrogens is 348 g/mol. The molecule has 1 aromatic carbocycles. The molecule has 7 heteroatoms. The molecule has 0 unspecified atom stereocenters. The van der Waals surface area contributed by atoms with Gasteiger partial charge in [-0.2, -0.15) is 0 Å². The van der Waals surface area contributed by atoms with Crippen molar-refractivity contribution in [2.75, 3.05) is 13.7 Å². The minimum Gasteiger partial charge on any atom is -0.464 e. The van der Waals surface area contributed by atoms with Crippen molar-refractivity contribution in [3.63, 3.8) is 0 Å². The summed E-state index contributed by atoms with van der Waals surface area (Å²) in [5, 5.41) is 0.653. The largest absolute Gasteiger partial charge is 0.464 e. The molecule has 140 valence electrons. The number of esters is 2. The maximum absolute atomic E-state index is 13.2. The predicted molar refractivity (Wildman–Crippen MR) is 101 cm³/mol. The smallest absolute Gasteiger partial charge is 0.355 e. The molecule has 0 saturated carbocycles. The van der Waals surface area contributed by atoms with Crippen LogP contribution in [0.4, 0.5) is 0 Å². The van der Waals surface area contributed by atoms with E-state index in [2.05, 4.69) is 6.58 Å². The number of rotatable bonds is 5. The monoisotopic (exact) mass is 368 g/mol. The lowest BCUT2D eigenvalue weighted by atomic mass is 10.1. The maximum atomic E-state index is 13.2. The quantitative estimate of drug-likeness (QED) is 0.511. The van der Waals surface area contributed by atoms with Gasteiger partial charge in [-0.3, -0.25) is 8.97 Å². The highest BCUT2D eigenvalue weighted by Gasteiger charge is 2.29. The third kappa shape index (κ3) is 2.71. The van der Waals surface area contributed by atoms with Crippen molar-refractivity contribution in [2.24, 2.45) is 0 Å². The van der Waals surface area contributed by atoms with E-state index in [1.54, 1.807) is 44.2 Å². The van der Waals surface area contributed by atoms with Gasteiger partial charge in [0.05, 0.1) is 30.3 Å². The van der Waals surface area contributed by atoms with E-state index in [1.807, 2.05) is 0 Å². The van der Waals surface area contributed by atoms with Crippen molar-refractivity contribution in [2.45, 2.75) is 20.4 Å². The lowest BCUT2D eigenvalue weighted by Crippen LogP contribution is -2.29. The molecule has 0 bridgehead atoms. The minimum atomic E-state index is -0.699. The molecule has 0 fully saturated rings. The zero-order chi connectivity index (χ0) is 19.7. The molecule has 7 nitrogen and oxygen atoms in total. The Morgan fingerprint density at radius 1 is 1.22 bits per heavy atom. The molecule has 0 spiro atoms. The highest BCUT2D eigenvalue weighted by Crippen LogP contribution is 2.29. The van der Waals surface area contributed by atoms with Gasteiger partial charge in [-0.1, -0.05) is 24.3 Å². The van der Waals surface area contributed by atoms with Crippen molar-refractivity contribution in [3.05, 3.63) is 64.2 Å². The summed E-state index contributed by atoms with van der Waals surface area (Å²) in [5.41, 5.74) is 1.07. The molecule has 0 amide bonds. The molecular formula is C20H20N2O5. The van der Waals surface area contributed by atoms with Crippen LogP contribution in [0.25, 0.3) is 16.4 Å². The zero-order valence-electron chi connectivity index (χ0n) is 15.4. The van der Waals surface area contributed by atoms with Crippen LogP contribution in [0.1, 0.15) is 33.3 Å².